The third-order valence-corrected chi connectivity index (χ3v) is 4.37. The van der Waals surface area contributed by atoms with E-state index in [1.807, 2.05) is 0 Å². The van der Waals surface area contributed by atoms with Crippen LogP contribution in [0.25, 0.3) is 0 Å². The molecule has 2 rings (SSSR count). The highest BCUT2D eigenvalue weighted by Crippen LogP contribution is 2.43. The molecule has 1 fully saturated rings. The Morgan fingerprint density at radius 3 is 2.65 bits per heavy atom. The van der Waals surface area contributed by atoms with Gasteiger partial charge in [-0.25, -0.2) is 4.39 Å². The molecular formula is C14H15BrFNO3. The van der Waals surface area contributed by atoms with E-state index in [9.17, 15) is 14.0 Å². The summed E-state index contributed by atoms with van der Waals surface area (Å²) in [7, 11) is 0. The minimum atomic E-state index is -0.868. The molecule has 20 heavy (non-hydrogen) atoms. The Labute approximate surface area is 124 Å². The van der Waals surface area contributed by atoms with Crippen LogP contribution in [0.5, 0.6) is 0 Å². The molecule has 4 nitrogen and oxygen atoms in total. The van der Waals surface area contributed by atoms with Gasteiger partial charge in [0.15, 0.2) is 0 Å². The van der Waals surface area contributed by atoms with Crippen LogP contribution in [0.15, 0.2) is 22.7 Å². The molecule has 0 heterocycles. The Morgan fingerprint density at radius 2 is 2.10 bits per heavy atom. The fourth-order valence-corrected chi connectivity index (χ4v) is 2.82. The summed E-state index contributed by atoms with van der Waals surface area (Å²) in [5, 5.41) is 11.6. The third-order valence-electron chi connectivity index (χ3n) is 3.76. The van der Waals surface area contributed by atoms with Gasteiger partial charge >= 0.3 is 5.97 Å². The quantitative estimate of drug-likeness (QED) is 0.863. The number of rotatable bonds is 5. The highest BCUT2D eigenvalue weighted by molar-refractivity contribution is 9.10. The minimum Gasteiger partial charge on any atom is -0.481 e. The van der Waals surface area contributed by atoms with Gasteiger partial charge in [0.05, 0.1) is 16.5 Å². The van der Waals surface area contributed by atoms with E-state index in [0.717, 1.165) is 19.3 Å². The molecule has 1 aromatic rings. The Balaban J connectivity index is 2.01. The number of hydrogen-bond acceptors (Lipinski definition) is 2. The highest BCUT2D eigenvalue weighted by Gasteiger charge is 2.39. The summed E-state index contributed by atoms with van der Waals surface area (Å²) in [5.74, 6) is -1.99. The van der Waals surface area contributed by atoms with Crippen LogP contribution in [0.4, 0.5) is 4.39 Å². The van der Waals surface area contributed by atoms with Gasteiger partial charge in [0.1, 0.15) is 5.82 Å². The maximum atomic E-state index is 13.8. The van der Waals surface area contributed by atoms with Crippen molar-refractivity contribution in [2.24, 2.45) is 5.41 Å². The first kappa shape index (κ1) is 15.0. The number of amides is 1. The van der Waals surface area contributed by atoms with Crippen molar-refractivity contribution in [3.63, 3.8) is 0 Å². The molecule has 108 valence electrons. The summed E-state index contributed by atoms with van der Waals surface area (Å²) < 4.78 is 14.0. The van der Waals surface area contributed by atoms with Crippen molar-refractivity contribution in [3.05, 3.63) is 34.1 Å². The van der Waals surface area contributed by atoms with Gasteiger partial charge in [-0.05, 0) is 46.3 Å². The molecule has 0 atom stereocenters. The van der Waals surface area contributed by atoms with Crippen molar-refractivity contribution in [2.75, 3.05) is 6.54 Å². The maximum absolute atomic E-state index is 13.8. The van der Waals surface area contributed by atoms with Gasteiger partial charge in [-0.3, -0.25) is 9.59 Å². The molecule has 6 heteroatoms. The lowest BCUT2D eigenvalue weighted by Gasteiger charge is -2.40. The normalized spacial score (nSPS) is 16.3. The lowest BCUT2D eigenvalue weighted by atomic mass is 9.66. The van der Waals surface area contributed by atoms with Gasteiger partial charge in [-0.2, -0.15) is 0 Å². The fourth-order valence-electron chi connectivity index (χ4n) is 2.46. The Hall–Kier alpha value is -1.43. The van der Waals surface area contributed by atoms with Crippen molar-refractivity contribution < 1.29 is 19.1 Å². The minimum absolute atomic E-state index is 0.0360. The molecule has 0 aliphatic heterocycles. The average molecular weight is 344 g/mol. The van der Waals surface area contributed by atoms with Crippen LogP contribution in [0, 0.1) is 11.2 Å². The Morgan fingerprint density at radius 1 is 1.40 bits per heavy atom. The van der Waals surface area contributed by atoms with Crippen LogP contribution in [-0.2, 0) is 4.79 Å². The van der Waals surface area contributed by atoms with Gasteiger partial charge in [0.25, 0.3) is 5.91 Å². The molecule has 0 spiro atoms. The predicted octanol–water partition coefficient (Wildman–Crippen LogP) is 2.96. The van der Waals surface area contributed by atoms with Crippen LogP contribution < -0.4 is 5.32 Å². The van der Waals surface area contributed by atoms with E-state index in [4.69, 9.17) is 5.11 Å². The van der Waals surface area contributed by atoms with Crippen molar-refractivity contribution in [2.45, 2.75) is 25.7 Å². The van der Waals surface area contributed by atoms with Crippen molar-refractivity contribution >= 4 is 27.8 Å². The lowest BCUT2D eigenvalue weighted by Crippen LogP contribution is -2.43. The number of carbonyl (C=O) groups excluding carboxylic acids is 1. The van der Waals surface area contributed by atoms with E-state index in [0.29, 0.717) is 0 Å². The third kappa shape index (κ3) is 3.17. The summed E-state index contributed by atoms with van der Waals surface area (Å²) >= 11 is 3.03. The SMILES string of the molecule is O=C(O)CC1(CNC(=O)c2cccc(Br)c2F)CCC1. The number of halogens is 2. The molecule has 1 amide bonds. The number of hydrogen-bond donors (Lipinski definition) is 2. The molecule has 1 aromatic carbocycles. The van der Waals surface area contributed by atoms with Crippen molar-refractivity contribution in [1.29, 1.82) is 0 Å². The first-order valence-corrected chi connectivity index (χ1v) is 7.17. The van der Waals surface area contributed by atoms with Gasteiger partial charge in [0, 0.05) is 6.54 Å². The second kappa shape index (κ2) is 5.91. The maximum Gasteiger partial charge on any atom is 0.303 e. The predicted molar refractivity (Wildman–Crippen MR) is 75.0 cm³/mol. The number of aliphatic carboxylic acids is 1. The van der Waals surface area contributed by atoms with Crippen molar-refractivity contribution in [3.8, 4) is 0 Å². The summed E-state index contributed by atoms with van der Waals surface area (Å²) in [6.45, 7) is 0.268. The zero-order valence-corrected chi connectivity index (χ0v) is 12.4. The van der Waals surface area contributed by atoms with E-state index in [2.05, 4.69) is 21.2 Å². The lowest BCUT2D eigenvalue weighted by molar-refractivity contribution is -0.141. The molecule has 0 aromatic heterocycles. The number of nitrogens with one attached hydrogen (secondary N) is 1. The first-order valence-electron chi connectivity index (χ1n) is 6.38. The fraction of sp³-hybridized carbons (Fsp3) is 0.429. The summed E-state index contributed by atoms with van der Waals surface area (Å²) in [4.78, 5) is 22.8. The molecule has 2 N–H and O–H groups in total. The van der Waals surface area contributed by atoms with Crippen LogP contribution in [0.3, 0.4) is 0 Å². The molecule has 0 unspecified atom stereocenters. The summed E-state index contributed by atoms with van der Waals surface area (Å²) in [5.41, 5.74) is -0.409. The molecule has 0 saturated heterocycles. The van der Waals surface area contributed by atoms with Crippen molar-refractivity contribution in [1.82, 2.24) is 5.32 Å². The van der Waals surface area contributed by atoms with Gasteiger partial charge in [0.2, 0.25) is 0 Å². The van der Waals surface area contributed by atoms with Crippen LogP contribution in [-0.4, -0.2) is 23.5 Å². The molecule has 1 saturated carbocycles. The second-order valence-electron chi connectivity index (χ2n) is 5.21. The monoisotopic (exact) mass is 343 g/mol. The highest BCUT2D eigenvalue weighted by atomic mass is 79.9. The standard InChI is InChI=1S/C14H15BrFNO3/c15-10-4-1-3-9(12(10)16)13(20)17-8-14(5-2-6-14)7-11(18)19/h1,3-4H,2,5-8H2,(H,17,20)(H,18,19). The van der Waals surface area contributed by atoms with Crippen LogP contribution in [0.1, 0.15) is 36.0 Å². The molecular weight excluding hydrogens is 329 g/mol. The van der Waals surface area contributed by atoms with Gasteiger partial charge in [-0.15, -0.1) is 0 Å². The van der Waals surface area contributed by atoms with E-state index in [1.54, 1.807) is 6.07 Å². The van der Waals surface area contributed by atoms with E-state index in [1.165, 1.54) is 12.1 Å². The number of carboxylic acid groups (broad SMARTS) is 1. The first-order chi connectivity index (χ1) is 9.43. The average Bonchev–Trinajstić information content (AvgIpc) is 2.35. The second-order valence-corrected chi connectivity index (χ2v) is 6.06. The topological polar surface area (TPSA) is 66.4 Å². The molecule has 1 aliphatic rings. The smallest absolute Gasteiger partial charge is 0.303 e. The van der Waals surface area contributed by atoms with E-state index < -0.39 is 17.7 Å². The Bertz CT molecular complexity index is 543. The molecule has 0 bridgehead atoms. The van der Waals surface area contributed by atoms with E-state index in [-0.39, 0.29) is 28.4 Å². The number of carboxylic acids is 1. The number of benzene rings is 1. The van der Waals surface area contributed by atoms with Gasteiger partial charge in [-0.1, -0.05) is 12.5 Å². The Kier molecular flexibility index (Phi) is 4.42. The van der Waals surface area contributed by atoms with Gasteiger partial charge < -0.3 is 10.4 Å². The largest absolute Gasteiger partial charge is 0.481 e. The zero-order valence-electron chi connectivity index (χ0n) is 10.8. The summed E-state index contributed by atoms with van der Waals surface area (Å²) in [6.07, 6.45) is 2.56. The zero-order chi connectivity index (χ0) is 14.8. The van der Waals surface area contributed by atoms with Crippen LogP contribution in [0.2, 0.25) is 0 Å². The molecule has 0 radical (unpaired) electrons. The van der Waals surface area contributed by atoms with Crippen LogP contribution >= 0.6 is 15.9 Å². The molecule has 1 aliphatic carbocycles. The van der Waals surface area contributed by atoms with E-state index >= 15 is 0 Å². The summed E-state index contributed by atoms with van der Waals surface area (Å²) in [6, 6.07) is 4.50. The number of carbonyl (C=O) groups is 2.